The van der Waals surface area contributed by atoms with Crippen molar-refractivity contribution < 1.29 is 9.15 Å². The normalized spacial score (nSPS) is 11.5. The van der Waals surface area contributed by atoms with E-state index >= 15 is 0 Å². The van der Waals surface area contributed by atoms with Crippen molar-refractivity contribution in [1.29, 1.82) is 0 Å². The molecule has 0 unspecified atom stereocenters. The number of nitrogens with one attached hydrogen (secondary N) is 2. The lowest BCUT2D eigenvalue weighted by Crippen LogP contribution is -2.38. The number of rotatable bonds is 8. The number of aliphatic imine (C=N–C) groups is 1. The quantitative estimate of drug-likeness (QED) is 0.460. The first kappa shape index (κ1) is 19.5. The summed E-state index contributed by atoms with van der Waals surface area (Å²) in [5.74, 6) is 3.70. The standard InChI is InChI=1S/C20H26N6O2/c1-4-21-20(26(2)14-15-7-9-16(27-3)10-8-15)22-12-11-18-23-19(25-24-18)17-6-5-13-28-17/h5-10,13H,4,11-12,14H2,1-3H3,(H,21,22)(H,23,24,25). The number of H-pyrrole nitrogens is 1. The monoisotopic (exact) mass is 382 g/mol. The Morgan fingerprint density at radius 1 is 1.29 bits per heavy atom. The largest absolute Gasteiger partial charge is 0.497 e. The smallest absolute Gasteiger partial charge is 0.216 e. The van der Waals surface area contributed by atoms with Gasteiger partial charge in [0.15, 0.2) is 11.7 Å². The van der Waals surface area contributed by atoms with Gasteiger partial charge in [-0.3, -0.25) is 10.1 Å². The van der Waals surface area contributed by atoms with Crippen LogP contribution in [0.3, 0.4) is 0 Å². The fourth-order valence-electron chi connectivity index (χ4n) is 2.74. The average molecular weight is 382 g/mol. The van der Waals surface area contributed by atoms with E-state index in [9.17, 15) is 0 Å². The molecule has 28 heavy (non-hydrogen) atoms. The van der Waals surface area contributed by atoms with E-state index in [2.05, 4.69) is 44.5 Å². The predicted octanol–water partition coefficient (Wildman–Crippen LogP) is 2.71. The number of furan rings is 1. The van der Waals surface area contributed by atoms with Gasteiger partial charge in [0, 0.05) is 33.1 Å². The Morgan fingerprint density at radius 2 is 2.11 bits per heavy atom. The maximum absolute atomic E-state index is 5.31. The van der Waals surface area contributed by atoms with Crippen molar-refractivity contribution in [3.63, 3.8) is 0 Å². The molecular weight excluding hydrogens is 356 g/mol. The van der Waals surface area contributed by atoms with Gasteiger partial charge >= 0.3 is 0 Å². The molecular formula is C20H26N6O2. The molecule has 3 rings (SSSR count). The highest BCUT2D eigenvalue weighted by Gasteiger charge is 2.09. The van der Waals surface area contributed by atoms with Crippen LogP contribution in [0.4, 0.5) is 0 Å². The van der Waals surface area contributed by atoms with Gasteiger partial charge in [0.2, 0.25) is 5.82 Å². The van der Waals surface area contributed by atoms with Crippen molar-refractivity contribution in [2.45, 2.75) is 19.9 Å². The zero-order valence-electron chi connectivity index (χ0n) is 16.5. The number of aromatic amines is 1. The van der Waals surface area contributed by atoms with Crippen LogP contribution in [0, 0.1) is 0 Å². The maximum Gasteiger partial charge on any atom is 0.216 e. The number of hydrogen-bond donors (Lipinski definition) is 2. The summed E-state index contributed by atoms with van der Waals surface area (Å²) in [5, 5.41) is 10.5. The van der Waals surface area contributed by atoms with Gasteiger partial charge in [-0.05, 0) is 36.8 Å². The molecule has 148 valence electrons. The number of hydrogen-bond acceptors (Lipinski definition) is 5. The molecule has 0 amide bonds. The Balaban J connectivity index is 1.58. The Morgan fingerprint density at radius 3 is 2.79 bits per heavy atom. The second-order valence-corrected chi connectivity index (χ2v) is 6.27. The molecule has 8 heteroatoms. The fraction of sp³-hybridized carbons (Fsp3) is 0.350. The summed E-state index contributed by atoms with van der Waals surface area (Å²) in [6.45, 7) is 4.21. The van der Waals surface area contributed by atoms with E-state index in [1.54, 1.807) is 13.4 Å². The van der Waals surface area contributed by atoms with Crippen LogP contribution in [0.2, 0.25) is 0 Å². The third-order valence-electron chi connectivity index (χ3n) is 4.16. The van der Waals surface area contributed by atoms with Gasteiger partial charge in [-0.2, -0.15) is 5.10 Å². The van der Waals surface area contributed by atoms with Gasteiger partial charge in [-0.25, -0.2) is 4.98 Å². The number of guanidine groups is 1. The summed E-state index contributed by atoms with van der Waals surface area (Å²) in [7, 11) is 3.69. The van der Waals surface area contributed by atoms with Gasteiger partial charge in [0.1, 0.15) is 11.6 Å². The van der Waals surface area contributed by atoms with Crippen LogP contribution in [-0.4, -0.2) is 53.3 Å². The lowest BCUT2D eigenvalue weighted by Gasteiger charge is -2.22. The molecule has 8 nitrogen and oxygen atoms in total. The zero-order valence-corrected chi connectivity index (χ0v) is 16.5. The molecule has 0 spiro atoms. The fourth-order valence-corrected chi connectivity index (χ4v) is 2.74. The Kier molecular flexibility index (Phi) is 6.67. The molecule has 2 heterocycles. The molecule has 2 N–H and O–H groups in total. The number of methoxy groups -OCH3 is 1. The summed E-state index contributed by atoms with van der Waals surface area (Å²) in [5.41, 5.74) is 1.19. The number of benzene rings is 1. The van der Waals surface area contributed by atoms with E-state index in [0.717, 1.165) is 30.6 Å². The Bertz CT molecular complexity index is 871. The molecule has 1 aromatic carbocycles. The molecule has 0 aliphatic heterocycles. The first-order valence-electron chi connectivity index (χ1n) is 9.27. The molecule has 0 aliphatic carbocycles. The highest BCUT2D eigenvalue weighted by molar-refractivity contribution is 5.79. The van der Waals surface area contributed by atoms with Crippen molar-refractivity contribution in [3.05, 3.63) is 54.0 Å². The van der Waals surface area contributed by atoms with Gasteiger partial charge in [0.05, 0.1) is 13.4 Å². The van der Waals surface area contributed by atoms with E-state index in [-0.39, 0.29) is 0 Å². The minimum Gasteiger partial charge on any atom is -0.497 e. The van der Waals surface area contributed by atoms with Crippen molar-refractivity contribution in [2.24, 2.45) is 4.99 Å². The van der Waals surface area contributed by atoms with Crippen LogP contribution in [0.25, 0.3) is 11.6 Å². The van der Waals surface area contributed by atoms with Gasteiger partial charge in [-0.1, -0.05) is 12.1 Å². The number of nitrogens with zero attached hydrogens (tertiary/aromatic N) is 4. The van der Waals surface area contributed by atoms with Crippen molar-refractivity contribution in [2.75, 3.05) is 27.2 Å². The van der Waals surface area contributed by atoms with Gasteiger partial charge < -0.3 is 19.4 Å². The summed E-state index contributed by atoms with van der Waals surface area (Å²) >= 11 is 0. The molecule has 0 fully saturated rings. The van der Waals surface area contributed by atoms with E-state index in [1.807, 2.05) is 31.3 Å². The third-order valence-corrected chi connectivity index (χ3v) is 4.16. The van der Waals surface area contributed by atoms with Crippen LogP contribution in [0.1, 0.15) is 18.3 Å². The first-order chi connectivity index (χ1) is 13.7. The van der Waals surface area contributed by atoms with E-state index in [4.69, 9.17) is 14.1 Å². The molecule has 0 bridgehead atoms. The van der Waals surface area contributed by atoms with Gasteiger partial charge in [0.25, 0.3) is 0 Å². The predicted molar refractivity (Wildman–Crippen MR) is 108 cm³/mol. The molecule has 0 saturated carbocycles. The van der Waals surface area contributed by atoms with Crippen LogP contribution < -0.4 is 10.1 Å². The minimum atomic E-state index is 0.563. The lowest BCUT2D eigenvalue weighted by atomic mass is 10.2. The first-order valence-corrected chi connectivity index (χ1v) is 9.27. The highest BCUT2D eigenvalue weighted by atomic mass is 16.5. The molecule has 2 aromatic heterocycles. The second kappa shape index (κ2) is 9.59. The van der Waals surface area contributed by atoms with E-state index in [0.29, 0.717) is 24.6 Å². The van der Waals surface area contributed by atoms with Gasteiger partial charge in [-0.15, -0.1) is 0 Å². The SMILES string of the molecule is CCNC(=NCCc1nc(-c2ccco2)n[nH]1)N(C)Cc1ccc(OC)cc1. The Labute approximate surface area is 164 Å². The van der Waals surface area contributed by atoms with E-state index in [1.165, 1.54) is 5.56 Å². The average Bonchev–Trinajstić information content (AvgIpc) is 3.39. The van der Waals surface area contributed by atoms with Crippen LogP contribution >= 0.6 is 0 Å². The van der Waals surface area contributed by atoms with Crippen LogP contribution in [-0.2, 0) is 13.0 Å². The van der Waals surface area contributed by atoms with E-state index < -0.39 is 0 Å². The molecule has 0 saturated heterocycles. The molecule has 3 aromatic rings. The number of aromatic nitrogens is 3. The molecule has 0 radical (unpaired) electrons. The molecule has 0 atom stereocenters. The van der Waals surface area contributed by atoms with Crippen LogP contribution in [0.5, 0.6) is 5.75 Å². The third kappa shape index (κ3) is 5.12. The highest BCUT2D eigenvalue weighted by Crippen LogP contribution is 2.15. The van der Waals surface area contributed by atoms with Crippen molar-refractivity contribution in [1.82, 2.24) is 25.4 Å². The topological polar surface area (TPSA) is 91.6 Å². The molecule has 0 aliphatic rings. The zero-order chi connectivity index (χ0) is 19.8. The van der Waals surface area contributed by atoms with Crippen LogP contribution in [0.15, 0.2) is 52.1 Å². The summed E-state index contributed by atoms with van der Waals surface area (Å²) in [6.07, 6.45) is 2.27. The summed E-state index contributed by atoms with van der Waals surface area (Å²) in [4.78, 5) is 11.3. The summed E-state index contributed by atoms with van der Waals surface area (Å²) < 4.78 is 10.5. The van der Waals surface area contributed by atoms with Crippen molar-refractivity contribution in [3.8, 4) is 17.3 Å². The Hall–Kier alpha value is -3.29. The minimum absolute atomic E-state index is 0.563. The number of ether oxygens (including phenoxy) is 1. The van der Waals surface area contributed by atoms with Crippen molar-refractivity contribution >= 4 is 5.96 Å². The maximum atomic E-state index is 5.31. The lowest BCUT2D eigenvalue weighted by molar-refractivity contribution is 0.414. The second-order valence-electron chi connectivity index (χ2n) is 6.27. The summed E-state index contributed by atoms with van der Waals surface area (Å²) in [6, 6.07) is 11.7.